The summed E-state index contributed by atoms with van der Waals surface area (Å²) in [6, 6.07) is 8.06. The Hall–Kier alpha value is -1.62. The minimum atomic E-state index is -0.0236. The number of fused-ring (bicyclic) bond motifs is 1. The van der Waals surface area contributed by atoms with E-state index in [0.29, 0.717) is 13.0 Å². The first kappa shape index (κ1) is 14.3. The molecule has 4 nitrogen and oxygen atoms in total. The van der Waals surface area contributed by atoms with Crippen LogP contribution in [0.25, 0.3) is 0 Å². The Balaban J connectivity index is 1.57. The molecular formula is C16H17BrN2O2. The number of carbonyl (C=O) groups is 1. The standard InChI is InChI=1S/C16H17BrN2O2/c1-10-8-13(21-19-10)6-7-18-16(20)15-4-2-11-9-12(17)3-5-14(11)15/h3,5,8-9,15H,2,4,6-7H2,1H3,(H,18,20)/t15-/m1/s1. The molecule has 5 heteroatoms. The molecule has 2 aromatic rings. The van der Waals surface area contributed by atoms with E-state index in [2.05, 4.69) is 38.5 Å². The van der Waals surface area contributed by atoms with E-state index in [1.54, 1.807) is 0 Å². The second kappa shape index (κ2) is 6.02. The van der Waals surface area contributed by atoms with Crippen molar-refractivity contribution in [3.63, 3.8) is 0 Å². The Morgan fingerprint density at radius 2 is 2.33 bits per heavy atom. The maximum atomic E-state index is 12.3. The van der Waals surface area contributed by atoms with E-state index < -0.39 is 0 Å². The maximum Gasteiger partial charge on any atom is 0.227 e. The van der Waals surface area contributed by atoms with Gasteiger partial charge in [-0.2, -0.15) is 0 Å². The lowest BCUT2D eigenvalue weighted by atomic mass is 10.0. The molecule has 0 saturated carbocycles. The van der Waals surface area contributed by atoms with Gasteiger partial charge >= 0.3 is 0 Å². The van der Waals surface area contributed by atoms with E-state index in [4.69, 9.17) is 4.52 Å². The molecule has 0 unspecified atom stereocenters. The van der Waals surface area contributed by atoms with Gasteiger partial charge in [0, 0.05) is 23.5 Å². The van der Waals surface area contributed by atoms with Crippen LogP contribution in [0, 0.1) is 6.92 Å². The number of aryl methyl sites for hydroxylation is 2. The first-order chi connectivity index (χ1) is 10.1. The summed E-state index contributed by atoms with van der Waals surface area (Å²) in [5, 5.41) is 6.84. The van der Waals surface area contributed by atoms with Crippen LogP contribution in [0.5, 0.6) is 0 Å². The van der Waals surface area contributed by atoms with Crippen LogP contribution in [0.1, 0.15) is 34.9 Å². The van der Waals surface area contributed by atoms with Gasteiger partial charge in [0.1, 0.15) is 5.76 Å². The predicted octanol–water partition coefficient (Wildman–Crippen LogP) is 3.13. The van der Waals surface area contributed by atoms with E-state index in [-0.39, 0.29) is 11.8 Å². The Labute approximate surface area is 132 Å². The summed E-state index contributed by atoms with van der Waals surface area (Å²) >= 11 is 3.47. The van der Waals surface area contributed by atoms with Crippen molar-refractivity contribution in [2.45, 2.75) is 32.1 Å². The normalized spacial score (nSPS) is 16.8. The highest BCUT2D eigenvalue weighted by Crippen LogP contribution is 2.34. The zero-order valence-electron chi connectivity index (χ0n) is 11.9. The van der Waals surface area contributed by atoms with Crippen molar-refractivity contribution in [3.05, 3.63) is 51.3 Å². The SMILES string of the molecule is Cc1cc(CCNC(=O)[C@@H]2CCc3cc(Br)ccc32)on1. The monoisotopic (exact) mass is 348 g/mol. The first-order valence-electron chi connectivity index (χ1n) is 7.12. The van der Waals surface area contributed by atoms with E-state index in [1.165, 1.54) is 5.56 Å². The average molecular weight is 349 g/mol. The van der Waals surface area contributed by atoms with E-state index in [9.17, 15) is 4.79 Å². The van der Waals surface area contributed by atoms with Crippen LogP contribution >= 0.6 is 15.9 Å². The van der Waals surface area contributed by atoms with Crippen LogP contribution < -0.4 is 5.32 Å². The highest BCUT2D eigenvalue weighted by molar-refractivity contribution is 9.10. The summed E-state index contributed by atoms with van der Waals surface area (Å²) in [7, 11) is 0. The lowest BCUT2D eigenvalue weighted by molar-refractivity contribution is -0.122. The number of hydrogen-bond acceptors (Lipinski definition) is 3. The molecule has 0 spiro atoms. The Bertz CT molecular complexity index is 666. The fourth-order valence-corrected chi connectivity index (χ4v) is 3.23. The third-order valence-electron chi connectivity index (χ3n) is 3.85. The minimum absolute atomic E-state index is 0.0236. The molecule has 1 heterocycles. The molecule has 0 radical (unpaired) electrons. The van der Waals surface area contributed by atoms with Gasteiger partial charge < -0.3 is 9.84 Å². The van der Waals surface area contributed by atoms with Gasteiger partial charge in [0.25, 0.3) is 0 Å². The molecule has 1 aromatic carbocycles. The Morgan fingerprint density at radius 1 is 1.48 bits per heavy atom. The second-order valence-corrected chi connectivity index (χ2v) is 6.33. The lowest BCUT2D eigenvalue weighted by Crippen LogP contribution is -2.30. The molecule has 1 atom stereocenters. The van der Waals surface area contributed by atoms with Crippen molar-refractivity contribution in [2.75, 3.05) is 6.54 Å². The van der Waals surface area contributed by atoms with Gasteiger partial charge in [-0.3, -0.25) is 4.79 Å². The summed E-state index contributed by atoms with van der Waals surface area (Å²) in [5.41, 5.74) is 3.30. The molecule has 21 heavy (non-hydrogen) atoms. The zero-order valence-corrected chi connectivity index (χ0v) is 13.4. The number of carbonyl (C=O) groups excluding carboxylic acids is 1. The van der Waals surface area contributed by atoms with Crippen LogP contribution in [0.4, 0.5) is 0 Å². The van der Waals surface area contributed by atoms with Crippen molar-refractivity contribution in [3.8, 4) is 0 Å². The molecule has 1 aromatic heterocycles. The number of amides is 1. The van der Waals surface area contributed by atoms with Gasteiger partial charge in [-0.15, -0.1) is 0 Å². The smallest absolute Gasteiger partial charge is 0.227 e. The summed E-state index contributed by atoms with van der Waals surface area (Å²) in [5.74, 6) is 0.889. The van der Waals surface area contributed by atoms with Gasteiger partial charge in [0.15, 0.2) is 0 Å². The number of rotatable bonds is 4. The van der Waals surface area contributed by atoms with Crippen molar-refractivity contribution < 1.29 is 9.32 Å². The molecule has 0 fully saturated rings. The van der Waals surface area contributed by atoms with Crippen LogP contribution in [0.3, 0.4) is 0 Å². The van der Waals surface area contributed by atoms with E-state index in [0.717, 1.165) is 34.3 Å². The topological polar surface area (TPSA) is 55.1 Å². The van der Waals surface area contributed by atoms with Crippen LogP contribution in [0.15, 0.2) is 33.3 Å². The average Bonchev–Trinajstić information content (AvgIpc) is 3.04. The van der Waals surface area contributed by atoms with Gasteiger partial charge in [0.2, 0.25) is 5.91 Å². The predicted molar refractivity (Wildman–Crippen MR) is 83.2 cm³/mol. The second-order valence-electron chi connectivity index (χ2n) is 5.41. The van der Waals surface area contributed by atoms with Gasteiger partial charge in [-0.25, -0.2) is 0 Å². The zero-order chi connectivity index (χ0) is 14.8. The fourth-order valence-electron chi connectivity index (χ4n) is 2.82. The Morgan fingerprint density at radius 3 is 3.10 bits per heavy atom. The van der Waals surface area contributed by atoms with Gasteiger partial charge in [0.05, 0.1) is 11.6 Å². The summed E-state index contributed by atoms with van der Waals surface area (Å²) < 4.78 is 6.21. The number of benzene rings is 1. The lowest BCUT2D eigenvalue weighted by Gasteiger charge is -2.12. The first-order valence-corrected chi connectivity index (χ1v) is 7.91. The van der Waals surface area contributed by atoms with Crippen LogP contribution in [-0.4, -0.2) is 17.6 Å². The molecule has 110 valence electrons. The highest BCUT2D eigenvalue weighted by atomic mass is 79.9. The van der Waals surface area contributed by atoms with Crippen molar-refractivity contribution in [1.82, 2.24) is 10.5 Å². The Kier molecular flexibility index (Phi) is 4.10. The number of nitrogens with one attached hydrogen (secondary N) is 1. The van der Waals surface area contributed by atoms with Gasteiger partial charge in [-0.1, -0.05) is 27.2 Å². The molecule has 1 aliphatic carbocycles. The maximum absolute atomic E-state index is 12.3. The molecule has 0 bridgehead atoms. The quantitative estimate of drug-likeness (QED) is 0.923. The summed E-state index contributed by atoms with van der Waals surface area (Å²) in [6.07, 6.45) is 2.53. The molecule has 1 aliphatic rings. The molecular weight excluding hydrogens is 332 g/mol. The highest BCUT2D eigenvalue weighted by Gasteiger charge is 2.28. The number of nitrogens with zero attached hydrogens (tertiary/aromatic N) is 1. The van der Waals surface area contributed by atoms with Crippen LogP contribution in [0.2, 0.25) is 0 Å². The van der Waals surface area contributed by atoms with E-state index in [1.807, 2.05) is 19.1 Å². The number of halogens is 1. The molecule has 0 saturated heterocycles. The number of hydrogen-bond donors (Lipinski definition) is 1. The molecule has 1 amide bonds. The van der Waals surface area contributed by atoms with E-state index >= 15 is 0 Å². The van der Waals surface area contributed by atoms with Crippen molar-refractivity contribution in [1.29, 1.82) is 0 Å². The molecule has 3 rings (SSSR count). The van der Waals surface area contributed by atoms with Gasteiger partial charge in [-0.05, 0) is 43.0 Å². The van der Waals surface area contributed by atoms with Crippen molar-refractivity contribution in [2.24, 2.45) is 0 Å². The summed E-state index contributed by atoms with van der Waals surface area (Å²) in [6.45, 7) is 2.47. The fraction of sp³-hybridized carbons (Fsp3) is 0.375. The largest absolute Gasteiger partial charge is 0.361 e. The van der Waals surface area contributed by atoms with Crippen molar-refractivity contribution >= 4 is 21.8 Å². The minimum Gasteiger partial charge on any atom is -0.361 e. The van der Waals surface area contributed by atoms with Crippen LogP contribution in [-0.2, 0) is 17.6 Å². The molecule has 0 aliphatic heterocycles. The third-order valence-corrected chi connectivity index (χ3v) is 4.34. The third kappa shape index (κ3) is 3.18. The summed E-state index contributed by atoms with van der Waals surface area (Å²) in [4.78, 5) is 12.3. The number of aromatic nitrogens is 1. The molecule has 1 N–H and O–H groups in total.